The van der Waals surface area contributed by atoms with Gasteiger partial charge < -0.3 is 10.6 Å². The Kier molecular flexibility index (Phi) is 5.84. The number of carbonyl (C=O) groups is 2. The number of hydrogen-bond acceptors (Lipinski definition) is 4. The average Bonchev–Trinajstić information content (AvgIpc) is 2.80. The molecule has 3 heterocycles. The molecule has 2 aromatic heterocycles. The number of nitrogens with zero attached hydrogens (tertiary/aromatic N) is 3. The number of carbonyl (C=O) groups excluding carboxylic acids is 2. The molecule has 0 saturated carbocycles. The second kappa shape index (κ2) is 8.86. The number of benzene rings is 1. The van der Waals surface area contributed by atoms with E-state index in [1.807, 2.05) is 53.4 Å². The van der Waals surface area contributed by atoms with Crippen LogP contribution in [0.2, 0.25) is 0 Å². The Morgan fingerprint density at radius 3 is 2.73 bits per heavy atom. The molecule has 2 amide bonds. The van der Waals surface area contributed by atoms with Crippen molar-refractivity contribution in [3.05, 3.63) is 83.8 Å². The van der Waals surface area contributed by atoms with E-state index in [0.29, 0.717) is 18.5 Å². The molecule has 1 aliphatic rings. The van der Waals surface area contributed by atoms with Crippen LogP contribution in [0.4, 0.5) is 0 Å². The molecular formula is C24H24N4O2. The summed E-state index contributed by atoms with van der Waals surface area (Å²) in [6, 6.07) is 18.7. The van der Waals surface area contributed by atoms with Crippen molar-refractivity contribution in [1.82, 2.24) is 14.9 Å². The molecule has 6 heteroatoms. The van der Waals surface area contributed by atoms with Crippen molar-refractivity contribution in [3.63, 3.8) is 0 Å². The molecule has 0 radical (unpaired) electrons. The highest BCUT2D eigenvalue weighted by atomic mass is 16.2. The van der Waals surface area contributed by atoms with Crippen molar-refractivity contribution in [2.45, 2.75) is 25.2 Å². The minimum absolute atomic E-state index is 0.101. The van der Waals surface area contributed by atoms with Gasteiger partial charge in [0.15, 0.2) is 0 Å². The monoisotopic (exact) mass is 400 g/mol. The fourth-order valence-corrected chi connectivity index (χ4v) is 3.89. The van der Waals surface area contributed by atoms with Crippen molar-refractivity contribution in [2.24, 2.45) is 5.73 Å². The molecule has 1 atom stereocenters. The fourth-order valence-electron chi connectivity index (χ4n) is 3.89. The highest BCUT2D eigenvalue weighted by Crippen LogP contribution is 2.28. The van der Waals surface area contributed by atoms with Crippen LogP contribution in [-0.2, 0) is 11.2 Å². The first kappa shape index (κ1) is 19.8. The first-order valence-corrected chi connectivity index (χ1v) is 10.1. The van der Waals surface area contributed by atoms with Gasteiger partial charge in [0.2, 0.25) is 11.8 Å². The van der Waals surface area contributed by atoms with E-state index in [0.717, 1.165) is 42.0 Å². The third-order valence-electron chi connectivity index (χ3n) is 5.46. The second-order valence-corrected chi connectivity index (χ2v) is 7.57. The quantitative estimate of drug-likeness (QED) is 0.712. The summed E-state index contributed by atoms with van der Waals surface area (Å²) in [7, 11) is 0. The van der Waals surface area contributed by atoms with E-state index in [2.05, 4.69) is 4.98 Å². The van der Waals surface area contributed by atoms with Crippen LogP contribution in [0.5, 0.6) is 0 Å². The molecule has 0 unspecified atom stereocenters. The lowest BCUT2D eigenvalue weighted by atomic mass is 9.93. The van der Waals surface area contributed by atoms with Crippen LogP contribution < -0.4 is 5.73 Å². The maximum atomic E-state index is 12.8. The minimum Gasteiger partial charge on any atom is -0.366 e. The van der Waals surface area contributed by atoms with E-state index in [-0.39, 0.29) is 11.8 Å². The largest absolute Gasteiger partial charge is 0.366 e. The summed E-state index contributed by atoms with van der Waals surface area (Å²) in [5.74, 6) is -0.170. The molecule has 4 rings (SSSR count). The molecule has 0 aliphatic carbocycles. The van der Waals surface area contributed by atoms with Gasteiger partial charge in [0.25, 0.3) is 0 Å². The SMILES string of the molecule is NC(=O)c1cccc(-c2cccc([C@@H]3CCCN(C(=O)Cc4ccccn4)C3)n2)c1. The van der Waals surface area contributed by atoms with Gasteiger partial charge in [-0.1, -0.05) is 24.3 Å². The minimum atomic E-state index is -0.456. The van der Waals surface area contributed by atoms with Gasteiger partial charge >= 0.3 is 0 Å². The molecule has 1 aromatic carbocycles. The molecular weight excluding hydrogens is 376 g/mol. The van der Waals surface area contributed by atoms with Crippen LogP contribution in [-0.4, -0.2) is 39.8 Å². The molecule has 0 spiro atoms. The lowest BCUT2D eigenvalue weighted by Gasteiger charge is -2.32. The molecule has 2 N–H and O–H groups in total. The fraction of sp³-hybridized carbons (Fsp3) is 0.250. The summed E-state index contributed by atoms with van der Waals surface area (Å²) in [5, 5.41) is 0. The smallest absolute Gasteiger partial charge is 0.248 e. The second-order valence-electron chi connectivity index (χ2n) is 7.57. The Morgan fingerprint density at radius 1 is 1.07 bits per heavy atom. The number of hydrogen-bond donors (Lipinski definition) is 1. The standard InChI is InChI=1S/C24H24N4O2/c25-24(30)18-7-3-6-17(14-18)21-10-4-11-22(27-21)19-8-5-13-28(16-19)23(29)15-20-9-1-2-12-26-20/h1-4,6-7,9-12,14,19H,5,8,13,15-16H2,(H2,25,30)/t19-/m1/s1. The highest BCUT2D eigenvalue weighted by molar-refractivity contribution is 5.94. The van der Waals surface area contributed by atoms with Gasteiger partial charge in [-0.05, 0) is 49.2 Å². The zero-order valence-electron chi connectivity index (χ0n) is 16.7. The van der Waals surface area contributed by atoms with Crippen molar-refractivity contribution >= 4 is 11.8 Å². The summed E-state index contributed by atoms with van der Waals surface area (Å²) >= 11 is 0. The summed E-state index contributed by atoms with van der Waals surface area (Å²) in [5.41, 5.74) is 9.28. The Balaban J connectivity index is 1.50. The summed E-state index contributed by atoms with van der Waals surface area (Å²) in [4.78, 5) is 35.3. The van der Waals surface area contributed by atoms with Gasteiger partial charge in [-0.2, -0.15) is 0 Å². The Bertz CT molecular complexity index is 1050. The molecule has 3 aromatic rings. The van der Waals surface area contributed by atoms with Crippen molar-refractivity contribution < 1.29 is 9.59 Å². The summed E-state index contributed by atoms with van der Waals surface area (Å²) in [6.45, 7) is 1.42. The van der Waals surface area contributed by atoms with Crippen LogP contribution in [0.25, 0.3) is 11.3 Å². The van der Waals surface area contributed by atoms with Crippen molar-refractivity contribution in [1.29, 1.82) is 0 Å². The predicted octanol–water partition coefficient (Wildman–Crippen LogP) is 3.19. The number of aromatic nitrogens is 2. The van der Waals surface area contributed by atoms with Gasteiger partial charge in [0, 0.05) is 47.7 Å². The number of primary amides is 1. The van der Waals surface area contributed by atoms with Gasteiger partial charge in [-0.25, -0.2) is 0 Å². The molecule has 6 nitrogen and oxygen atoms in total. The number of pyridine rings is 2. The molecule has 1 saturated heterocycles. The Morgan fingerprint density at radius 2 is 1.93 bits per heavy atom. The van der Waals surface area contributed by atoms with Gasteiger partial charge in [0.05, 0.1) is 12.1 Å². The number of likely N-dealkylation sites (tertiary alicyclic amines) is 1. The zero-order chi connectivity index (χ0) is 20.9. The summed E-state index contributed by atoms with van der Waals surface area (Å²) < 4.78 is 0. The lowest BCUT2D eigenvalue weighted by Crippen LogP contribution is -2.40. The Labute approximate surface area is 175 Å². The van der Waals surface area contributed by atoms with Crippen LogP contribution in [0.1, 0.15) is 40.5 Å². The van der Waals surface area contributed by atoms with E-state index in [1.54, 1.807) is 18.3 Å². The van der Waals surface area contributed by atoms with Crippen LogP contribution >= 0.6 is 0 Å². The summed E-state index contributed by atoms with van der Waals surface area (Å²) in [6.07, 6.45) is 3.97. The number of piperidine rings is 1. The lowest BCUT2D eigenvalue weighted by molar-refractivity contribution is -0.131. The Hall–Kier alpha value is -3.54. The third kappa shape index (κ3) is 4.54. The first-order valence-electron chi connectivity index (χ1n) is 10.1. The average molecular weight is 400 g/mol. The molecule has 152 valence electrons. The number of nitrogens with two attached hydrogens (primary N) is 1. The van der Waals surface area contributed by atoms with Crippen LogP contribution in [0.3, 0.4) is 0 Å². The van der Waals surface area contributed by atoms with E-state index < -0.39 is 5.91 Å². The molecule has 30 heavy (non-hydrogen) atoms. The molecule has 1 fully saturated rings. The maximum absolute atomic E-state index is 12.8. The third-order valence-corrected chi connectivity index (χ3v) is 5.46. The van der Waals surface area contributed by atoms with E-state index in [9.17, 15) is 9.59 Å². The topological polar surface area (TPSA) is 89.2 Å². The molecule has 1 aliphatic heterocycles. The van der Waals surface area contributed by atoms with E-state index in [4.69, 9.17) is 10.7 Å². The van der Waals surface area contributed by atoms with Gasteiger partial charge in [-0.15, -0.1) is 0 Å². The van der Waals surface area contributed by atoms with E-state index >= 15 is 0 Å². The predicted molar refractivity (Wildman–Crippen MR) is 115 cm³/mol. The van der Waals surface area contributed by atoms with Crippen molar-refractivity contribution in [2.75, 3.05) is 13.1 Å². The maximum Gasteiger partial charge on any atom is 0.248 e. The molecule has 0 bridgehead atoms. The first-order chi connectivity index (χ1) is 14.6. The normalized spacial score (nSPS) is 16.3. The number of amides is 2. The highest BCUT2D eigenvalue weighted by Gasteiger charge is 2.26. The van der Waals surface area contributed by atoms with Crippen molar-refractivity contribution in [3.8, 4) is 11.3 Å². The zero-order valence-corrected chi connectivity index (χ0v) is 16.7. The van der Waals surface area contributed by atoms with Crippen LogP contribution in [0, 0.1) is 0 Å². The van der Waals surface area contributed by atoms with Gasteiger partial charge in [0.1, 0.15) is 0 Å². The van der Waals surface area contributed by atoms with Gasteiger partial charge in [-0.3, -0.25) is 19.6 Å². The number of rotatable bonds is 5. The van der Waals surface area contributed by atoms with E-state index in [1.165, 1.54) is 0 Å². The van der Waals surface area contributed by atoms with Crippen LogP contribution in [0.15, 0.2) is 66.9 Å².